The number of carbonyl (C=O) groups is 1. The van der Waals surface area contributed by atoms with Crippen molar-refractivity contribution in [2.75, 3.05) is 0 Å². The summed E-state index contributed by atoms with van der Waals surface area (Å²) in [4.78, 5) is 11.4. The van der Waals surface area contributed by atoms with Gasteiger partial charge in [-0.3, -0.25) is 9.48 Å². The van der Waals surface area contributed by atoms with Crippen molar-refractivity contribution in [3.8, 4) is 0 Å². The van der Waals surface area contributed by atoms with E-state index in [1.54, 1.807) is 0 Å². The zero-order chi connectivity index (χ0) is 11.8. The summed E-state index contributed by atoms with van der Waals surface area (Å²) < 4.78 is 1.99. The average Bonchev–Trinajstić information content (AvgIpc) is 2.95. The van der Waals surface area contributed by atoms with Crippen molar-refractivity contribution < 1.29 is 4.79 Å². The van der Waals surface area contributed by atoms with Gasteiger partial charge in [0, 0.05) is 5.39 Å². The molecule has 17 heavy (non-hydrogen) atoms. The van der Waals surface area contributed by atoms with E-state index < -0.39 is 5.91 Å². The smallest absolute Gasteiger partial charge is 0.269 e. The van der Waals surface area contributed by atoms with Crippen molar-refractivity contribution in [2.24, 2.45) is 5.73 Å². The lowest BCUT2D eigenvalue weighted by Crippen LogP contribution is -2.14. The Hall–Kier alpha value is -1.84. The van der Waals surface area contributed by atoms with Gasteiger partial charge in [0.25, 0.3) is 5.91 Å². The minimum Gasteiger partial charge on any atom is -0.364 e. The average molecular weight is 229 g/mol. The lowest BCUT2D eigenvalue weighted by Gasteiger charge is -2.10. The molecule has 1 fully saturated rings. The van der Waals surface area contributed by atoms with E-state index in [-0.39, 0.29) is 0 Å². The molecule has 4 nitrogen and oxygen atoms in total. The first kappa shape index (κ1) is 10.3. The van der Waals surface area contributed by atoms with Gasteiger partial charge in [-0.05, 0) is 18.9 Å². The number of primary amides is 1. The van der Waals surface area contributed by atoms with Gasteiger partial charge < -0.3 is 5.73 Å². The van der Waals surface area contributed by atoms with Crippen LogP contribution in [0.15, 0.2) is 24.3 Å². The SMILES string of the molecule is NC(=O)c1nn(C2CCCC2)c2ccccc12. The summed E-state index contributed by atoms with van der Waals surface area (Å²) in [5, 5.41) is 5.28. The minimum atomic E-state index is -0.446. The van der Waals surface area contributed by atoms with E-state index in [0.717, 1.165) is 23.7 Å². The summed E-state index contributed by atoms with van der Waals surface area (Å²) in [6.07, 6.45) is 4.77. The Morgan fingerprint density at radius 2 is 2.00 bits per heavy atom. The molecule has 2 aromatic rings. The molecule has 88 valence electrons. The molecule has 2 N–H and O–H groups in total. The van der Waals surface area contributed by atoms with Crippen molar-refractivity contribution in [2.45, 2.75) is 31.7 Å². The number of carbonyl (C=O) groups excluding carboxylic acids is 1. The molecule has 0 spiro atoms. The van der Waals surface area contributed by atoms with Crippen LogP contribution >= 0.6 is 0 Å². The van der Waals surface area contributed by atoms with E-state index in [0.29, 0.717) is 11.7 Å². The van der Waals surface area contributed by atoms with Crippen molar-refractivity contribution in [1.82, 2.24) is 9.78 Å². The molecule has 1 aliphatic rings. The van der Waals surface area contributed by atoms with E-state index in [1.807, 2.05) is 28.9 Å². The second-order valence-electron chi connectivity index (χ2n) is 4.61. The number of fused-ring (bicyclic) bond motifs is 1. The highest BCUT2D eigenvalue weighted by atomic mass is 16.1. The number of amides is 1. The summed E-state index contributed by atoms with van der Waals surface area (Å²) in [7, 11) is 0. The molecule has 0 unspecified atom stereocenters. The summed E-state index contributed by atoms with van der Waals surface area (Å²) in [5.41, 5.74) is 6.79. The Kier molecular flexibility index (Phi) is 2.35. The Labute approximate surface area is 99.4 Å². The van der Waals surface area contributed by atoms with Crippen molar-refractivity contribution in [3.63, 3.8) is 0 Å². The maximum Gasteiger partial charge on any atom is 0.269 e. The van der Waals surface area contributed by atoms with E-state index in [1.165, 1.54) is 12.8 Å². The van der Waals surface area contributed by atoms with Gasteiger partial charge in [0.05, 0.1) is 11.6 Å². The molecule has 0 saturated heterocycles. The number of nitrogens with zero attached hydrogens (tertiary/aromatic N) is 2. The molecule has 4 heteroatoms. The van der Waals surface area contributed by atoms with E-state index in [9.17, 15) is 4.79 Å². The number of hydrogen-bond acceptors (Lipinski definition) is 2. The summed E-state index contributed by atoms with van der Waals surface area (Å²) in [6, 6.07) is 8.23. The molecule has 1 amide bonds. The van der Waals surface area contributed by atoms with Crippen molar-refractivity contribution >= 4 is 16.8 Å². The first-order valence-corrected chi connectivity index (χ1v) is 6.04. The van der Waals surface area contributed by atoms with Gasteiger partial charge in [-0.1, -0.05) is 31.0 Å². The van der Waals surface area contributed by atoms with Crippen LogP contribution in [0, 0.1) is 0 Å². The van der Waals surface area contributed by atoms with Crippen LogP contribution in [0.3, 0.4) is 0 Å². The first-order valence-electron chi connectivity index (χ1n) is 6.04. The normalized spacial score (nSPS) is 16.7. The molecule has 0 atom stereocenters. The van der Waals surface area contributed by atoms with Crippen LogP contribution in [0.4, 0.5) is 0 Å². The summed E-state index contributed by atoms with van der Waals surface area (Å²) in [5.74, 6) is -0.446. The lowest BCUT2D eigenvalue weighted by molar-refractivity contribution is 0.0996. The monoisotopic (exact) mass is 229 g/mol. The molecule has 3 rings (SSSR count). The fourth-order valence-electron chi connectivity index (χ4n) is 2.70. The second-order valence-corrected chi connectivity index (χ2v) is 4.61. The number of aromatic nitrogens is 2. The Balaban J connectivity index is 2.20. The number of nitrogens with two attached hydrogens (primary N) is 1. The predicted molar refractivity (Wildman–Crippen MR) is 65.8 cm³/mol. The standard InChI is InChI=1S/C13H15N3O/c14-13(17)12-10-7-3-4-8-11(10)16(15-12)9-5-1-2-6-9/h3-4,7-9H,1-2,5-6H2,(H2,14,17). The summed E-state index contributed by atoms with van der Waals surface area (Å²) in [6.45, 7) is 0. The van der Waals surface area contributed by atoms with Gasteiger partial charge in [-0.2, -0.15) is 5.10 Å². The van der Waals surface area contributed by atoms with Crippen LogP contribution in [0.2, 0.25) is 0 Å². The second kappa shape index (κ2) is 3.87. The number of rotatable bonds is 2. The van der Waals surface area contributed by atoms with Crippen LogP contribution in [0.25, 0.3) is 10.9 Å². The van der Waals surface area contributed by atoms with Gasteiger partial charge in [0.15, 0.2) is 5.69 Å². The van der Waals surface area contributed by atoms with Gasteiger partial charge in [0.1, 0.15) is 0 Å². The molecule has 1 heterocycles. The van der Waals surface area contributed by atoms with Crippen LogP contribution in [-0.2, 0) is 0 Å². The molecule has 0 bridgehead atoms. The number of benzene rings is 1. The van der Waals surface area contributed by atoms with E-state index >= 15 is 0 Å². The molecule has 1 saturated carbocycles. The topological polar surface area (TPSA) is 60.9 Å². The van der Waals surface area contributed by atoms with E-state index in [4.69, 9.17) is 5.73 Å². The molecule has 1 aromatic carbocycles. The van der Waals surface area contributed by atoms with E-state index in [2.05, 4.69) is 5.10 Å². The van der Waals surface area contributed by atoms with Crippen molar-refractivity contribution in [1.29, 1.82) is 0 Å². The van der Waals surface area contributed by atoms with Gasteiger partial charge in [-0.15, -0.1) is 0 Å². The van der Waals surface area contributed by atoms with Crippen LogP contribution in [0.1, 0.15) is 42.2 Å². The highest BCUT2D eigenvalue weighted by Crippen LogP contribution is 2.32. The largest absolute Gasteiger partial charge is 0.364 e. The molecular formula is C13H15N3O. The maximum atomic E-state index is 11.4. The molecule has 0 radical (unpaired) electrons. The number of para-hydroxylation sites is 1. The molecule has 1 aromatic heterocycles. The molecule has 1 aliphatic carbocycles. The maximum absolute atomic E-state index is 11.4. The third kappa shape index (κ3) is 1.60. The Morgan fingerprint density at radius 3 is 2.71 bits per heavy atom. The zero-order valence-corrected chi connectivity index (χ0v) is 9.60. The summed E-state index contributed by atoms with van der Waals surface area (Å²) >= 11 is 0. The minimum absolute atomic E-state index is 0.396. The van der Waals surface area contributed by atoms with Gasteiger partial charge in [0.2, 0.25) is 0 Å². The quantitative estimate of drug-likeness (QED) is 0.858. The predicted octanol–water partition coefficient (Wildman–Crippen LogP) is 2.25. The van der Waals surface area contributed by atoms with Crippen LogP contribution in [0.5, 0.6) is 0 Å². The fraction of sp³-hybridized carbons (Fsp3) is 0.385. The number of hydrogen-bond donors (Lipinski definition) is 1. The Morgan fingerprint density at radius 1 is 1.29 bits per heavy atom. The van der Waals surface area contributed by atoms with Crippen molar-refractivity contribution in [3.05, 3.63) is 30.0 Å². The lowest BCUT2D eigenvalue weighted by atomic mass is 10.2. The molecular weight excluding hydrogens is 214 g/mol. The fourth-order valence-corrected chi connectivity index (χ4v) is 2.70. The zero-order valence-electron chi connectivity index (χ0n) is 9.60. The van der Waals surface area contributed by atoms with Gasteiger partial charge >= 0.3 is 0 Å². The highest BCUT2D eigenvalue weighted by Gasteiger charge is 2.22. The highest BCUT2D eigenvalue weighted by molar-refractivity contribution is 6.04. The molecule has 0 aliphatic heterocycles. The Bertz CT molecular complexity index is 567. The van der Waals surface area contributed by atoms with Crippen LogP contribution < -0.4 is 5.73 Å². The van der Waals surface area contributed by atoms with Gasteiger partial charge in [-0.25, -0.2) is 0 Å². The third-order valence-electron chi connectivity index (χ3n) is 3.52. The third-order valence-corrected chi connectivity index (χ3v) is 3.52. The first-order chi connectivity index (χ1) is 8.27. The van der Waals surface area contributed by atoms with Crippen LogP contribution in [-0.4, -0.2) is 15.7 Å².